The van der Waals surface area contributed by atoms with Crippen LogP contribution < -0.4 is 4.90 Å². The number of fused-ring (bicyclic) bond motifs is 1. The number of sulfone groups is 1. The molecular formula is C21H24N2O2S2. The van der Waals surface area contributed by atoms with E-state index in [1.165, 1.54) is 16.7 Å². The van der Waals surface area contributed by atoms with Crippen LogP contribution in [0.15, 0.2) is 47.5 Å². The van der Waals surface area contributed by atoms with E-state index in [-0.39, 0.29) is 23.6 Å². The van der Waals surface area contributed by atoms with Gasteiger partial charge < -0.3 is 4.90 Å². The Kier molecular flexibility index (Phi) is 4.80. The molecule has 0 aromatic heterocycles. The van der Waals surface area contributed by atoms with Crippen LogP contribution in [0, 0.1) is 20.8 Å². The number of aliphatic imine (C=N–C) groups is 1. The number of amidine groups is 1. The van der Waals surface area contributed by atoms with Crippen LogP contribution in [-0.4, -0.2) is 37.2 Å². The van der Waals surface area contributed by atoms with E-state index in [0.29, 0.717) is 0 Å². The monoisotopic (exact) mass is 400 g/mol. The quantitative estimate of drug-likeness (QED) is 0.784. The van der Waals surface area contributed by atoms with Crippen LogP contribution in [0.5, 0.6) is 0 Å². The third-order valence-corrected chi connectivity index (χ3v) is 7.94. The molecule has 142 valence electrons. The van der Waals surface area contributed by atoms with E-state index in [1.54, 1.807) is 11.8 Å². The SMILES string of the molecule is Cc1ccc(CSC2=N[C@@H]3CS(=O)(=O)C[C@H]3N2c2ccc(C)cc2C)cc1. The first-order chi connectivity index (χ1) is 12.8. The Hall–Kier alpha value is -1.79. The Labute approximate surface area is 165 Å². The van der Waals surface area contributed by atoms with Crippen molar-refractivity contribution in [1.82, 2.24) is 0 Å². The average molecular weight is 401 g/mol. The molecule has 4 nitrogen and oxygen atoms in total. The van der Waals surface area contributed by atoms with Crippen molar-refractivity contribution in [3.8, 4) is 0 Å². The Balaban J connectivity index is 1.64. The highest BCUT2D eigenvalue weighted by atomic mass is 32.2. The standard InChI is InChI=1S/C21H24N2O2S2/c1-14-4-7-17(8-5-14)11-26-21-22-18-12-27(24,25)13-20(18)23(21)19-9-6-15(2)10-16(19)3/h4-10,18,20H,11-13H2,1-3H3/t18-,20-/m1/s1. The van der Waals surface area contributed by atoms with E-state index in [0.717, 1.165) is 22.2 Å². The van der Waals surface area contributed by atoms with Crippen LogP contribution in [0.2, 0.25) is 0 Å². The highest BCUT2D eigenvalue weighted by Gasteiger charge is 2.47. The van der Waals surface area contributed by atoms with Crippen molar-refractivity contribution in [2.24, 2.45) is 4.99 Å². The minimum absolute atomic E-state index is 0.0862. The van der Waals surface area contributed by atoms with Gasteiger partial charge in [0.2, 0.25) is 0 Å². The molecule has 2 atom stereocenters. The summed E-state index contributed by atoms with van der Waals surface area (Å²) in [5.41, 5.74) is 5.93. The van der Waals surface area contributed by atoms with Crippen molar-refractivity contribution in [3.63, 3.8) is 0 Å². The molecule has 0 radical (unpaired) electrons. The molecule has 2 aromatic rings. The van der Waals surface area contributed by atoms with Crippen LogP contribution in [-0.2, 0) is 15.6 Å². The molecule has 27 heavy (non-hydrogen) atoms. The van der Waals surface area contributed by atoms with Gasteiger partial charge in [0.15, 0.2) is 15.0 Å². The number of anilines is 1. The molecule has 0 amide bonds. The van der Waals surface area contributed by atoms with Crippen molar-refractivity contribution in [3.05, 3.63) is 64.7 Å². The summed E-state index contributed by atoms with van der Waals surface area (Å²) in [6.45, 7) is 6.24. The number of aryl methyl sites for hydroxylation is 3. The van der Waals surface area contributed by atoms with E-state index in [9.17, 15) is 8.42 Å². The van der Waals surface area contributed by atoms with Gasteiger partial charge in [0, 0.05) is 11.4 Å². The van der Waals surface area contributed by atoms with Crippen molar-refractivity contribution < 1.29 is 8.42 Å². The Morgan fingerprint density at radius 1 is 1.04 bits per heavy atom. The molecule has 4 rings (SSSR count). The second-order valence-electron chi connectivity index (χ2n) is 7.56. The Morgan fingerprint density at radius 3 is 2.44 bits per heavy atom. The van der Waals surface area contributed by atoms with Crippen molar-refractivity contribution in [2.45, 2.75) is 38.6 Å². The number of thioether (sulfide) groups is 1. The zero-order chi connectivity index (χ0) is 19.2. The molecule has 0 spiro atoms. The fourth-order valence-electron chi connectivity index (χ4n) is 3.82. The smallest absolute Gasteiger partial charge is 0.164 e. The van der Waals surface area contributed by atoms with E-state index in [1.807, 2.05) is 0 Å². The van der Waals surface area contributed by atoms with Crippen LogP contribution in [0.4, 0.5) is 5.69 Å². The summed E-state index contributed by atoms with van der Waals surface area (Å²) in [6.07, 6.45) is 0. The highest BCUT2D eigenvalue weighted by molar-refractivity contribution is 8.13. The summed E-state index contributed by atoms with van der Waals surface area (Å²) in [5, 5.41) is 0.937. The summed E-state index contributed by atoms with van der Waals surface area (Å²) in [7, 11) is -3.02. The van der Waals surface area contributed by atoms with Gasteiger partial charge in [-0.2, -0.15) is 0 Å². The van der Waals surface area contributed by atoms with Gasteiger partial charge in [0.05, 0.1) is 23.6 Å². The minimum Gasteiger partial charge on any atom is -0.315 e. The lowest BCUT2D eigenvalue weighted by Gasteiger charge is -2.28. The van der Waals surface area contributed by atoms with E-state index >= 15 is 0 Å². The molecule has 1 fully saturated rings. The molecule has 2 aromatic carbocycles. The van der Waals surface area contributed by atoms with Gasteiger partial charge >= 0.3 is 0 Å². The second-order valence-corrected chi connectivity index (χ2v) is 10.7. The maximum absolute atomic E-state index is 12.2. The zero-order valence-corrected chi connectivity index (χ0v) is 17.5. The van der Waals surface area contributed by atoms with Crippen molar-refractivity contribution >= 4 is 32.5 Å². The van der Waals surface area contributed by atoms with E-state index in [4.69, 9.17) is 4.99 Å². The van der Waals surface area contributed by atoms with Crippen LogP contribution in [0.25, 0.3) is 0 Å². The fourth-order valence-corrected chi connectivity index (χ4v) is 6.74. The lowest BCUT2D eigenvalue weighted by molar-refractivity contribution is 0.601. The molecule has 6 heteroatoms. The van der Waals surface area contributed by atoms with E-state index in [2.05, 4.69) is 68.1 Å². The molecule has 2 aliphatic heterocycles. The molecule has 0 bridgehead atoms. The summed E-state index contributed by atoms with van der Waals surface area (Å²) < 4.78 is 24.4. The number of hydrogen-bond donors (Lipinski definition) is 0. The molecule has 1 saturated heterocycles. The lowest BCUT2D eigenvalue weighted by Crippen LogP contribution is -2.39. The van der Waals surface area contributed by atoms with E-state index < -0.39 is 9.84 Å². The topological polar surface area (TPSA) is 49.7 Å². The number of rotatable bonds is 3. The van der Waals surface area contributed by atoms with Crippen LogP contribution >= 0.6 is 11.8 Å². The summed E-state index contributed by atoms with van der Waals surface area (Å²) in [6, 6.07) is 14.6. The first-order valence-corrected chi connectivity index (χ1v) is 12.0. The largest absolute Gasteiger partial charge is 0.315 e. The fraction of sp³-hybridized carbons (Fsp3) is 0.381. The third-order valence-electron chi connectivity index (χ3n) is 5.21. The lowest BCUT2D eigenvalue weighted by atomic mass is 10.1. The first-order valence-electron chi connectivity index (χ1n) is 9.15. The van der Waals surface area contributed by atoms with Crippen LogP contribution in [0.3, 0.4) is 0 Å². The van der Waals surface area contributed by atoms with Gasteiger partial charge in [-0.1, -0.05) is 59.3 Å². The number of hydrogen-bond acceptors (Lipinski definition) is 5. The van der Waals surface area contributed by atoms with Crippen molar-refractivity contribution in [2.75, 3.05) is 16.4 Å². The first kappa shape index (κ1) is 18.6. The number of nitrogens with zero attached hydrogens (tertiary/aromatic N) is 2. The summed E-state index contributed by atoms with van der Waals surface area (Å²) in [4.78, 5) is 7.00. The van der Waals surface area contributed by atoms with Crippen LogP contribution in [0.1, 0.15) is 22.3 Å². The molecule has 2 heterocycles. The van der Waals surface area contributed by atoms with Gasteiger partial charge in [-0.05, 0) is 38.0 Å². The van der Waals surface area contributed by atoms with Crippen molar-refractivity contribution in [1.29, 1.82) is 0 Å². The third kappa shape index (κ3) is 3.78. The average Bonchev–Trinajstić information content (AvgIpc) is 3.06. The van der Waals surface area contributed by atoms with Gasteiger partial charge in [0.1, 0.15) is 0 Å². The molecule has 0 saturated carbocycles. The predicted molar refractivity (Wildman–Crippen MR) is 115 cm³/mol. The normalized spacial score (nSPS) is 23.4. The summed E-state index contributed by atoms with van der Waals surface area (Å²) in [5.74, 6) is 1.17. The van der Waals surface area contributed by atoms with Gasteiger partial charge in [0.25, 0.3) is 0 Å². The Morgan fingerprint density at radius 2 is 1.74 bits per heavy atom. The predicted octanol–water partition coefficient (Wildman–Crippen LogP) is 3.89. The second kappa shape index (κ2) is 6.99. The van der Waals surface area contributed by atoms with Gasteiger partial charge in [-0.25, -0.2) is 8.42 Å². The molecule has 0 unspecified atom stereocenters. The molecule has 0 N–H and O–H groups in total. The highest BCUT2D eigenvalue weighted by Crippen LogP contribution is 2.37. The zero-order valence-electron chi connectivity index (χ0n) is 15.8. The Bertz CT molecular complexity index is 997. The summed E-state index contributed by atoms with van der Waals surface area (Å²) >= 11 is 1.70. The maximum Gasteiger partial charge on any atom is 0.164 e. The molecule has 0 aliphatic carbocycles. The van der Waals surface area contributed by atoms with Gasteiger partial charge in [-0.3, -0.25) is 4.99 Å². The maximum atomic E-state index is 12.2. The molecule has 2 aliphatic rings. The van der Waals surface area contributed by atoms with Gasteiger partial charge in [-0.15, -0.1) is 0 Å². The number of benzene rings is 2. The molecular weight excluding hydrogens is 376 g/mol. The minimum atomic E-state index is -3.02.